The second-order valence-corrected chi connectivity index (χ2v) is 8.64. The highest BCUT2D eigenvalue weighted by atomic mass is 15.2. The molecule has 29 heavy (non-hydrogen) atoms. The number of rotatable bonds is 6. The molecule has 2 atom stereocenters. The van der Waals surface area contributed by atoms with E-state index >= 15 is 0 Å². The Hall–Kier alpha value is -2.58. The summed E-state index contributed by atoms with van der Waals surface area (Å²) in [6, 6.07) is 31.5. The van der Waals surface area contributed by atoms with E-state index < -0.39 is 0 Å². The van der Waals surface area contributed by atoms with Crippen LogP contribution in [0.15, 0.2) is 84.9 Å². The van der Waals surface area contributed by atoms with Crippen LogP contribution in [0.2, 0.25) is 0 Å². The van der Waals surface area contributed by atoms with E-state index in [-0.39, 0.29) is 0 Å². The third-order valence-electron chi connectivity index (χ3n) is 6.82. The second kappa shape index (κ2) is 8.42. The van der Waals surface area contributed by atoms with E-state index in [0.717, 1.165) is 12.5 Å². The lowest BCUT2D eigenvalue weighted by Crippen LogP contribution is -2.51. The molecule has 0 saturated carbocycles. The maximum atomic E-state index is 3.63. The molecule has 0 aromatic heterocycles. The molecule has 6 rings (SSSR count). The van der Waals surface area contributed by atoms with Gasteiger partial charge in [-0.3, -0.25) is 4.90 Å². The van der Waals surface area contributed by atoms with Gasteiger partial charge in [-0.1, -0.05) is 72.8 Å². The quantitative estimate of drug-likeness (QED) is 0.570. The highest BCUT2D eigenvalue weighted by molar-refractivity contribution is 5.49. The van der Waals surface area contributed by atoms with Crippen LogP contribution >= 0.6 is 0 Å². The van der Waals surface area contributed by atoms with Gasteiger partial charge in [-0.15, -0.1) is 0 Å². The van der Waals surface area contributed by atoms with E-state index in [1.54, 1.807) is 0 Å². The Morgan fingerprint density at radius 3 is 2.17 bits per heavy atom. The average molecular weight is 383 g/mol. The van der Waals surface area contributed by atoms with Crippen LogP contribution in [0, 0.1) is 5.92 Å². The SMILES string of the molecule is c1ccc(CNc2cccc(C(c3ccccc3)C3CC4CCN3CC4)c2)cc1. The van der Waals surface area contributed by atoms with E-state index in [2.05, 4.69) is 95.1 Å². The van der Waals surface area contributed by atoms with Crippen molar-refractivity contribution in [3.63, 3.8) is 0 Å². The monoisotopic (exact) mass is 382 g/mol. The fraction of sp³-hybridized carbons (Fsp3) is 0.333. The third kappa shape index (κ3) is 4.09. The molecule has 2 bridgehead atoms. The van der Waals surface area contributed by atoms with Crippen molar-refractivity contribution in [1.29, 1.82) is 0 Å². The van der Waals surface area contributed by atoms with Crippen LogP contribution in [-0.4, -0.2) is 24.0 Å². The molecular formula is C27H30N2. The van der Waals surface area contributed by atoms with E-state index in [4.69, 9.17) is 0 Å². The van der Waals surface area contributed by atoms with E-state index in [1.807, 2.05) is 0 Å². The molecule has 0 amide bonds. The first-order valence-electron chi connectivity index (χ1n) is 11.0. The molecule has 0 aliphatic carbocycles. The molecule has 3 saturated heterocycles. The Balaban J connectivity index is 1.43. The topological polar surface area (TPSA) is 15.3 Å². The Morgan fingerprint density at radius 2 is 1.48 bits per heavy atom. The van der Waals surface area contributed by atoms with Crippen molar-refractivity contribution in [1.82, 2.24) is 4.90 Å². The number of hydrogen-bond donors (Lipinski definition) is 1. The highest BCUT2D eigenvalue weighted by Gasteiger charge is 2.39. The predicted octanol–water partition coefficient (Wildman–Crippen LogP) is 5.91. The van der Waals surface area contributed by atoms with Crippen molar-refractivity contribution in [3.8, 4) is 0 Å². The standard InChI is InChI=1S/C27H30N2/c1-3-8-22(9-4-1)20-28-25-13-7-12-24(19-25)27(23-10-5-2-6-11-23)26-18-21-14-16-29(26)17-15-21/h1-13,19,21,26-28H,14-18,20H2. The maximum Gasteiger partial charge on any atom is 0.0400 e. The van der Waals surface area contributed by atoms with Crippen LogP contribution in [0.3, 0.4) is 0 Å². The molecule has 3 aromatic carbocycles. The molecule has 3 heterocycles. The first-order chi connectivity index (χ1) is 14.4. The predicted molar refractivity (Wildman–Crippen MR) is 121 cm³/mol. The van der Waals surface area contributed by atoms with Crippen molar-refractivity contribution in [2.24, 2.45) is 5.92 Å². The largest absolute Gasteiger partial charge is 0.381 e. The lowest BCUT2D eigenvalue weighted by molar-refractivity contribution is 0.0411. The summed E-state index contributed by atoms with van der Waals surface area (Å²) in [6.07, 6.45) is 4.11. The number of hydrogen-bond acceptors (Lipinski definition) is 2. The van der Waals surface area contributed by atoms with Gasteiger partial charge in [-0.05, 0) is 67.1 Å². The van der Waals surface area contributed by atoms with Gasteiger partial charge in [0.1, 0.15) is 0 Å². The van der Waals surface area contributed by atoms with Gasteiger partial charge in [0.15, 0.2) is 0 Å². The molecule has 1 N–H and O–H groups in total. The minimum atomic E-state index is 0.442. The number of nitrogens with one attached hydrogen (secondary N) is 1. The molecule has 3 fully saturated rings. The van der Waals surface area contributed by atoms with Crippen molar-refractivity contribution < 1.29 is 0 Å². The van der Waals surface area contributed by atoms with Crippen LogP contribution < -0.4 is 5.32 Å². The molecule has 148 valence electrons. The number of fused-ring (bicyclic) bond motifs is 3. The Kier molecular flexibility index (Phi) is 5.36. The lowest BCUT2D eigenvalue weighted by Gasteiger charge is -2.48. The lowest BCUT2D eigenvalue weighted by atomic mass is 9.74. The van der Waals surface area contributed by atoms with Gasteiger partial charge in [0.05, 0.1) is 0 Å². The van der Waals surface area contributed by atoms with Gasteiger partial charge in [-0.25, -0.2) is 0 Å². The summed E-state index contributed by atoms with van der Waals surface area (Å²) in [6.45, 7) is 3.40. The van der Waals surface area contributed by atoms with E-state index in [0.29, 0.717) is 12.0 Å². The highest BCUT2D eigenvalue weighted by Crippen LogP contribution is 2.42. The first-order valence-corrected chi connectivity index (χ1v) is 11.0. The molecule has 2 heteroatoms. The third-order valence-corrected chi connectivity index (χ3v) is 6.82. The summed E-state index contributed by atoms with van der Waals surface area (Å²) in [5.41, 5.74) is 5.41. The summed E-state index contributed by atoms with van der Waals surface area (Å²) in [5.74, 6) is 1.35. The van der Waals surface area contributed by atoms with Crippen molar-refractivity contribution >= 4 is 5.69 Å². The van der Waals surface area contributed by atoms with E-state index in [1.165, 1.54) is 54.7 Å². The summed E-state index contributed by atoms with van der Waals surface area (Å²) < 4.78 is 0. The molecule has 3 aromatic rings. The van der Waals surface area contributed by atoms with Crippen LogP contribution in [0.1, 0.15) is 41.9 Å². The number of anilines is 1. The molecule has 2 unspecified atom stereocenters. The fourth-order valence-corrected chi connectivity index (χ4v) is 5.30. The van der Waals surface area contributed by atoms with Crippen molar-refractivity contribution in [2.75, 3.05) is 18.4 Å². The number of nitrogens with zero attached hydrogens (tertiary/aromatic N) is 1. The Bertz CT molecular complexity index is 914. The minimum Gasteiger partial charge on any atom is -0.381 e. The summed E-state index contributed by atoms with van der Waals surface area (Å²) >= 11 is 0. The number of benzene rings is 3. The minimum absolute atomic E-state index is 0.442. The Labute approximate surface area is 174 Å². The maximum absolute atomic E-state index is 3.63. The average Bonchev–Trinajstić information content (AvgIpc) is 2.81. The fourth-order valence-electron chi connectivity index (χ4n) is 5.30. The van der Waals surface area contributed by atoms with Gasteiger partial charge >= 0.3 is 0 Å². The van der Waals surface area contributed by atoms with Crippen molar-refractivity contribution in [2.45, 2.75) is 37.8 Å². The second-order valence-electron chi connectivity index (χ2n) is 8.64. The van der Waals surface area contributed by atoms with Crippen LogP contribution in [0.4, 0.5) is 5.69 Å². The van der Waals surface area contributed by atoms with Gasteiger partial charge in [0.2, 0.25) is 0 Å². The zero-order valence-electron chi connectivity index (χ0n) is 17.0. The van der Waals surface area contributed by atoms with Crippen LogP contribution in [0.25, 0.3) is 0 Å². The molecule has 3 aliphatic rings. The molecule has 0 radical (unpaired) electrons. The molecule has 3 aliphatic heterocycles. The summed E-state index contributed by atoms with van der Waals surface area (Å²) in [7, 11) is 0. The van der Waals surface area contributed by atoms with Crippen LogP contribution in [0.5, 0.6) is 0 Å². The van der Waals surface area contributed by atoms with Gasteiger partial charge in [0, 0.05) is 24.2 Å². The van der Waals surface area contributed by atoms with Gasteiger partial charge in [-0.2, -0.15) is 0 Å². The molecule has 0 spiro atoms. The Morgan fingerprint density at radius 1 is 0.793 bits per heavy atom. The smallest absolute Gasteiger partial charge is 0.0400 e. The molecular weight excluding hydrogens is 352 g/mol. The first kappa shape index (κ1) is 18.4. The summed E-state index contributed by atoms with van der Waals surface area (Å²) in [4.78, 5) is 2.75. The normalized spacial score (nSPS) is 24.2. The zero-order valence-corrected chi connectivity index (χ0v) is 17.0. The van der Waals surface area contributed by atoms with Crippen LogP contribution in [-0.2, 0) is 6.54 Å². The van der Waals surface area contributed by atoms with Gasteiger partial charge < -0.3 is 5.32 Å². The van der Waals surface area contributed by atoms with E-state index in [9.17, 15) is 0 Å². The summed E-state index contributed by atoms with van der Waals surface area (Å²) in [5, 5.41) is 3.63. The molecule has 2 nitrogen and oxygen atoms in total. The number of piperidine rings is 3. The zero-order chi connectivity index (χ0) is 19.5. The van der Waals surface area contributed by atoms with Gasteiger partial charge in [0.25, 0.3) is 0 Å². The van der Waals surface area contributed by atoms with Crippen molar-refractivity contribution in [3.05, 3.63) is 102 Å².